The lowest BCUT2D eigenvalue weighted by atomic mass is 10.2. The van der Waals surface area contributed by atoms with Crippen LogP contribution in [0.4, 0.5) is 4.39 Å². The Morgan fingerprint density at radius 3 is 2.65 bits per heavy atom. The minimum Gasteiger partial charge on any atom is -0.494 e. The highest BCUT2D eigenvalue weighted by atomic mass is 19.1. The van der Waals surface area contributed by atoms with Crippen molar-refractivity contribution in [3.8, 4) is 5.75 Å². The molecule has 0 aliphatic rings. The van der Waals surface area contributed by atoms with Gasteiger partial charge in [-0.25, -0.2) is 4.39 Å². The minimum atomic E-state index is -0.681. The molecule has 0 saturated carbocycles. The van der Waals surface area contributed by atoms with E-state index in [1.54, 1.807) is 6.92 Å². The van der Waals surface area contributed by atoms with Crippen LogP contribution in [0.15, 0.2) is 18.2 Å². The summed E-state index contributed by atoms with van der Waals surface area (Å²) < 4.78 is 18.3. The molecule has 0 aliphatic heterocycles. The standard InChI is InChI=1S/C14H19FN2O3/c1-4-7-16-13(18)9(2)17-14(19)10-5-6-12(20-3)11(15)8-10/h5-6,8-9H,4,7H2,1-3H3,(H,16,18)(H,17,19). The maximum absolute atomic E-state index is 13.5. The first kappa shape index (κ1) is 15.9. The number of benzene rings is 1. The van der Waals surface area contributed by atoms with Crippen LogP contribution in [0.5, 0.6) is 5.75 Å². The highest BCUT2D eigenvalue weighted by Crippen LogP contribution is 2.17. The van der Waals surface area contributed by atoms with Crippen molar-refractivity contribution in [3.63, 3.8) is 0 Å². The van der Waals surface area contributed by atoms with Gasteiger partial charge in [0.2, 0.25) is 5.91 Å². The van der Waals surface area contributed by atoms with Crippen LogP contribution >= 0.6 is 0 Å². The molecule has 0 fully saturated rings. The van der Waals surface area contributed by atoms with Crippen molar-refractivity contribution in [1.29, 1.82) is 0 Å². The van der Waals surface area contributed by atoms with Gasteiger partial charge in [0.25, 0.3) is 5.91 Å². The molecule has 0 saturated heterocycles. The van der Waals surface area contributed by atoms with Crippen LogP contribution in [0.25, 0.3) is 0 Å². The smallest absolute Gasteiger partial charge is 0.252 e. The first-order valence-corrected chi connectivity index (χ1v) is 6.41. The van der Waals surface area contributed by atoms with Crippen molar-refractivity contribution >= 4 is 11.8 Å². The second kappa shape index (κ2) is 7.47. The van der Waals surface area contributed by atoms with Gasteiger partial charge in [0, 0.05) is 12.1 Å². The van der Waals surface area contributed by atoms with Crippen molar-refractivity contribution in [2.24, 2.45) is 0 Å². The van der Waals surface area contributed by atoms with Crippen LogP contribution in [0.1, 0.15) is 30.6 Å². The SMILES string of the molecule is CCCNC(=O)C(C)NC(=O)c1ccc(OC)c(F)c1. The van der Waals surface area contributed by atoms with Gasteiger partial charge in [-0.1, -0.05) is 6.92 Å². The second-order valence-electron chi connectivity index (χ2n) is 4.34. The molecule has 0 bridgehead atoms. The molecule has 6 heteroatoms. The van der Waals surface area contributed by atoms with E-state index in [0.29, 0.717) is 6.54 Å². The number of nitrogens with one attached hydrogen (secondary N) is 2. The number of rotatable bonds is 6. The Morgan fingerprint density at radius 2 is 2.10 bits per heavy atom. The molecule has 110 valence electrons. The first-order valence-electron chi connectivity index (χ1n) is 6.41. The Balaban J connectivity index is 2.66. The third-order valence-electron chi connectivity index (χ3n) is 2.70. The number of ether oxygens (including phenoxy) is 1. The zero-order valence-corrected chi connectivity index (χ0v) is 11.8. The molecule has 1 aromatic rings. The number of methoxy groups -OCH3 is 1. The summed E-state index contributed by atoms with van der Waals surface area (Å²) in [5, 5.41) is 5.18. The Kier molecular flexibility index (Phi) is 5.96. The van der Waals surface area contributed by atoms with Gasteiger partial charge in [0.15, 0.2) is 11.6 Å². The van der Waals surface area contributed by atoms with Gasteiger partial charge < -0.3 is 15.4 Å². The fourth-order valence-electron chi connectivity index (χ4n) is 1.55. The molecular formula is C14H19FN2O3. The third kappa shape index (κ3) is 4.22. The lowest BCUT2D eigenvalue weighted by Crippen LogP contribution is -2.45. The second-order valence-corrected chi connectivity index (χ2v) is 4.34. The van der Waals surface area contributed by atoms with E-state index in [1.165, 1.54) is 19.2 Å². The van der Waals surface area contributed by atoms with E-state index < -0.39 is 17.8 Å². The van der Waals surface area contributed by atoms with E-state index in [2.05, 4.69) is 10.6 Å². The first-order chi connectivity index (χ1) is 9.49. The molecule has 0 heterocycles. The topological polar surface area (TPSA) is 67.4 Å². The van der Waals surface area contributed by atoms with E-state index in [4.69, 9.17) is 4.74 Å². The monoisotopic (exact) mass is 282 g/mol. The van der Waals surface area contributed by atoms with E-state index >= 15 is 0 Å². The Hall–Kier alpha value is -2.11. The summed E-state index contributed by atoms with van der Waals surface area (Å²) in [6.45, 7) is 4.06. The molecule has 2 amide bonds. The molecule has 1 atom stereocenters. The molecule has 0 aromatic heterocycles. The average molecular weight is 282 g/mol. The van der Waals surface area contributed by atoms with E-state index in [-0.39, 0.29) is 17.2 Å². The number of carbonyl (C=O) groups is 2. The molecule has 2 N–H and O–H groups in total. The molecule has 0 radical (unpaired) electrons. The Bertz CT molecular complexity index is 491. The molecule has 0 aliphatic carbocycles. The van der Waals surface area contributed by atoms with Gasteiger partial charge >= 0.3 is 0 Å². The van der Waals surface area contributed by atoms with Gasteiger partial charge in [0.05, 0.1) is 7.11 Å². The summed E-state index contributed by atoms with van der Waals surface area (Å²) in [6.07, 6.45) is 0.816. The van der Waals surface area contributed by atoms with Gasteiger partial charge in [0.1, 0.15) is 6.04 Å². The normalized spacial score (nSPS) is 11.6. The molecule has 1 rings (SSSR count). The van der Waals surface area contributed by atoms with Crippen molar-refractivity contribution in [2.45, 2.75) is 26.3 Å². The summed E-state index contributed by atoms with van der Waals surface area (Å²) in [4.78, 5) is 23.5. The van der Waals surface area contributed by atoms with E-state index in [9.17, 15) is 14.0 Å². The number of halogens is 1. The lowest BCUT2D eigenvalue weighted by Gasteiger charge is -2.14. The van der Waals surface area contributed by atoms with Crippen LogP contribution in [0.3, 0.4) is 0 Å². The van der Waals surface area contributed by atoms with E-state index in [1.807, 2.05) is 6.92 Å². The summed E-state index contributed by atoms with van der Waals surface area (Å²) in [7, 11) is 1.35. The molecule has 1 unspecified atom stereocenters. The van der Waals surface area contributed by atoms with Crippen molar-refractivity contribution < 1.29 is 18.7 Å². The zero-order valence-electron chi connectivity index (χ0n) is 11.8. The summed E-state index contributed by atoms with van der Waals surface area (Å²) in [5.74, 6) is -1.33. The average Bonchev–Trinajstić information content (AvgIpc) is 2.44. The molecule has 0 spiro atoms. The molecular weight excluding hydrogens is 263 g/mol. The Morgan fingerprint density at radius 1 is 1.40 bits per heavy atom. The van der Waals surface area contributed by atoms with Crippen molar-refractivity contribution in [3.05, 3.63) is 29.6 Å². The van der Waals surface area contributed by atoms with Crippen molar-refractivity contribution in [1.82, 2.24) is 10.6 Å². The van der Waals surface area contributed by atoms with Crippen LogP contribution in [-0.4, -0.2) is 31.5 Å². The quantitative estimate of drug-likeness (QED) is 0.830. The van der Waals surface area contributed by atoms with Crippen molar-refractivity contribution in [2.75, 3.05) is 13.7 Å². The van der Waals surface area contributed by atoms with Gasteiger partial charge in [-0.2, -0.15) is 0 Å². The fourth-order valence-corrected chi connectivity index (χ4v) is 1.55. The number of hydrogen-bond donors (Lipinski definition) is 2. The third-order valence-corrected chi connectivity index (χ3v) is 2.70. The van der Waals surface area contributed by atoms with Crippen LogP contribution in [0, 0.1) is 5.82 Å². The predicted octanol–water partition coefficient (Wildman–Crippen LogP) is 1.48. The van der Waals surface area contributed by atoms with Gasteiger partial charge in [-0.05, 0) is 31.5 Å². The molecule has 1 aromatic carbocycles. The number of carbonyl (C=O) groups excluding carboxylic acids is 2. The number of hydrogen-bond acceptors (Lipinski definition) is 3. The van der Waals surface area contributed by atoms with Crippen LogP contribution in [0.2, 0.25) is 0 Å². The van der Waals surface area contributed by atoms with E-state index in [0.717, 1.165) is 12.5 Å². The molecule has 20 heavy (non-hydrogen) atoms. The highest BCUT2D eigenvalue weighted by molar-refractivity contribution is 5.97. The Labute approximate surface area is 117 Å². The zero-order chi connectivity index (χ0) is 15.1. The maximum atomic E-state index is 13.5. The van der Waals surface area contributed by atoms with Crippen LogP contribution in [-0.2, 0) is 4.79 Å². The minimum absolute atomic E-state index is 0.0651. The lowest BCUT2D eigenvalue weighted by molar-refractivity contribution is -0.122. The van der Waals surface area contributed by atoms with Gasteiger partial charge in [-0.3, -0.25) is 9.59 Å². The maximum Gasteiger partial charge on any atom is 0.252 e. The number of amides is 2. The highest BCUT2D eigenvalue weighted by Gasteiger charge is 2.17. The summed E-state index contributed by atoms with van der Waals surface area (Å²) in [6, 6.07) is 3.20. The van der Waals surface area contributed by atoms with Gasteiger partial charge in [-0.15, -0.1) is 0 Å². The predicted molar refractivity (Wildman–Crippen MR) is 73.2 cm³/mol. The summed E-state index contributed by atoms with van der Waals surface area (Å²) >= 11 is 0. The van der Waals surface area contributed by atoms with Crippen LogP contribution < -0.4 is 15.4 Å². The fraction of sp³-hybridized carbons (Fsp3) is 0.429. The largest absolute Gasteiger partial charge is 0.494 e. The summed E-state index contributed by atoms with van der Waals surface area (Å²) in [5.41, 5.74) is 0.137. The molecule has 5 nitrogen and oxygen atoms in total.